The Hall–Kier alpha value is -1.36. The van der Waals surface area contributed by atoms with Crippen LogP contribution in [-0.2, 0) is 11.3 Å². The van der Waals surface area contributed by atoms with E-state index in [0.717, 1.165) is 39.0 Å². The Morgan fingerprint density at radius 1 is 1.47 bits per heavy atom. The largest absolute Gasteiger partial charge is 0.343 e. The highest BCUT2D eigenvalue weighted by molar-refractivity contribution is 5.73. The van der Waals surface area contributed by atoms with Crippen molar-refractivity contribution in [3.63, 3.8) is 0 Å². The molecule has 0 aliphatic carbocycles. The number of carbonyl (C=O) groups is 1. The molecule has 0 spiro atoms. The van der Waals surface area contributed by atoms with Gasteiger partial charge in [0.2, 0.25) is 5.91 Å². The standard InChI is InChI=1S/C14H24N4O/c1-12(11-18-7-3-6-16-18)15-10-14-4-8-17(9-5-14)13(2)19/h3,6-7,12,14-15H,4-5,8-11H2,1-2H3. The Bertz CT molecular complexity index is 382. The van der Waals surface area contributed by atoms with Crippen LogP contribution in [0.1, 0.15) is 26.7 Å². The van der Waals surface area contributed by atoms with Crippen LogP contribution in [0.25, 0.3) is 0 Å². The normalized spacial score (nSPS) is 18.5. The van der Waals surface area contributed by atoms with Gasteiger partial charge in [0.15, 0.2) is 0 Å². The van der Waals surface area contributed by atoms with Crippen LogP contribution in [0.3, 0.4) is 0 Å². The molecule has 1 N–H and O–H groups in total. The molecule has 1 amide bonds. The van der Waals surface area contributed by atoms with Crippen LogP contribution in [0.4, 0.5) is 0 Å². The minimum Gasteiger partial charge on any atom is -0.343 e. The third-order valence-electron chi connectivity index (χ3n) is 3.83. The number of likely N-dealkylation sites (tertiary alicyclic amines) is 1. The lowest BCUT2D eigenvalue weighted by Crippen LogP contribution is -2.41. The van der Waals surface area contributed by atoms with Crippen molar-refractivity contribution in [2.45, 2.75) is 39.3 Å². The maximum atomic E-state index is 11.2. The fourth-order valence-corrected chi connectivity index (χ4v) is 2.57. The fourth-order valence-electron chi connectivity index (χ4n) is 2.57. The summed E-state index contributed by atoms with van der Waals surface area (Å²) in [5, 5.41) is 7.78. The molecule has 1 aliphatic rings. The van der Waals surface area contributed by atoms with Gasteiger partial charge >= 0.3 is 0 Å². The molecule has 0 bridgehead atoms. The number of nitrogens with zero attached hydrogens (tertiary/aromatic N) is 3. The van der Waals surface area contributed by atoms with Crippen LogP contribution >= 0.6 is 0 Å². The average molecular weight is 264 g/mol. The van der Waals surface area contributed by atoms with E-state index >= 15 is 0 Å². The molecule has 19 heavy (non-hydrogen) atoms. The van der Waals surface area contributed by atoms with Crippen molar-refractivity contribution in [2.75, 3.05) is 19.6 Å². The van der Waals surface area contributed by atoms with E-state index in [1.165, 1.54) is 0 Å². The van der Waals surface area contributed by atoms with Crippen molar-refractivity contribution < 1.29 is 4.79 Å². The van der Waals surface area contributed by atoms with Crippen molar-refractivity contribution in [1.82, 2.24) is 20.0 Å². The van der Waals surface area contributed by atoms with Gasteiger partial charge in [-0.05, 0) is 38.3 Å². The summed E-state index contributed by atoms with van der Waals surface area (Å²) in [5.74, 6) is 0.897. The van der Waals surface area contributed by atoms with Crippen molar-refractivity contribution in [2.24, 2.45) is 5.92 Å². The predicted molar refractivity (Wildman–Crippen MR) is 74.7 cm³/mol. The number of aromatic nitrogens is 2. The number of carbonyl (C=O) groups excluding carboxylic acids is 1. The van der Waals surface area contributed by atoms with E-state index in [1.807, 2.05) is 28.0 Å². The first-order valence-electron chi connectivity index (χ1n) is 7.11. The number of rotatable bonds is 5. The Labute approximate surface area is 115 Å². The SMILES string of the molecule is CC(=O)N1CCC(CNC(C)Cn2cccn2)CC1. The zero-order chi connectivity index (χ0) is 13.7. The molecule has 5 heteroatoms. The summed E-state index contributed by atoms with van der Waals surface area (Å²) in [6, 6.07) is 2.37. The zero-order valence-corrected chi connectivity index (χ0v) is 11.9. The molecular weight excluding hydrogens is 240 g/mol. The van der Waals surface area contributed by atoms with Gasteiger partial charge in [0.25, 0.3) is 0 Å². The quantitative estimate of drug-likeness (QED) is 0.867. The first kappa shape index (κ1) is 14.1. The van der Waals surface area contributed by atoms with Crippen molar-refractivity contribution in [3.8, 4) is 0 Å². The smallest absolute Gasteiger partial charge is 0.219 e. The minimum absolute atomic E-state index is 0.207. The third-order valence-corrected chi connectivity index (χ3v) is 3.83. The van der Waals surface area contributed by atoms with Crippen LogP contribution < -0.4 is 5.32 Å². The first-order valence-corrected chi connectivity index (χ1v) is 7.11. The summed E-state index contributed by atoms with van der Waals surface area (Å²) in [6.45, 7) is 7.61. The van der Waals surface area contributed by atoms with E-state index < -0.39 is 0 Å². The van der Waals surface area contributed by atoms with Crippen LogP contribution in [0.2, 0.25) is 0 Å². The monoisotopic (exact) mass is 264 g/mol. The summed E-state index contributed by atoms with van der Waals surface area (Å²) in [6.07, 6.45) is 6.02. The van der Waals surface area contributed by atoms with Gasteiger partial charge in [-0.1, -0.05) is 0 Å². The van der Waals surface area contributed by atoms with Gasteiger partial charge in [0.1, 0.15) is 0 Å². The van der Waals surface area contributed by atoms with Crippen molar-refractivity contribution >= 4 is 5.91 Å². The molecule has 0 saturated carbocycles. The average Bonchev–Trinajstić information content (AvgIpc) is 2.89. The van der Waals surface area contributed by atoms with Crippen molar-refractivity contribution in [1.29, 1.82) is 0 Å². The second kappa shape index (κ2) is 6.70. The Morgan fingerprint density at radius 3 is 2.79 bits per heavy atom. The minimum atomic E-state index is 0.207. The van der Waals surface area contributed by atoms with Crippen LogP contribution in [0.15, 0.2) is 18.5 Å². The Kier molecular flexibility index (Phi) is 4.96. The van der Waals surface area contributed by atoms with E-state index in [9.17, 15) is 4.79 Å². The van der Waals surface area contributed by atoms with E-state index in [0.29, 0.717) is 12.0 Å². The number of hydrogen-bond acceptors (Lipinski definition) is 3. The predicted octanol–water partition coefficient (Wildman–Crippen LogP) is 1.12. The molecule has 1 aliphatic heterocycles. The molecular formula is C14H24N4O. The Morgan fingerprint density at radius 2 is 2.21 bits per heavy atom. The molecule has 2 heterocycles. The van der Waals surface area contributed by atoms with Crippen molar-refractivity contribution in [3.05, 3.63) is 18.5 Å². The van der Waals surface area contributed by atoms with E-state index in [2.05, 4.69) is 17.3 Å². The summed E-state index contributed by atoms with van der Waals surface area (Å²) in [7, 11) is 0. The molecule has 1 atom stereocenters. The topological polar surface area (TPSA) is 50.2 Å². The first-order chi connectivity index (χ1) is 9.15. The molecule has 2 rings (SSSR count). The van der Waals surface area contributed by atoms with Crippen LogP contribution in [0.5, 0.6) is 0 Å². The fraction of sp³-hybridized carbons (Fsp3) is 0.714. The lowest BCUT2D eigenvalue weighted by molar-refractivity contribution is -0.130. The molecule has 5 nitrogen and oxygen atoms in total. The molecule has 0 radical (unpaired) electrons. The summed E-state index contributed by atoms with van der Waals surface area (Å²) in [5.41, 5.74) is 0. The van der Waals surface area contributed by atoms with Gasteiger partial charge in [-0.25, -0.2) is 0 Å². The van der Waals surface area contributed by atoms with Crippen LogP contribution in [-0.4, -0.2) is 46.3 Å². The van der Waals surface area contributed by atoms with Gasteiger partial charge in [0.05, 0.1) is 6.54 Å². The van der Waals surface area contributed by atoms with Gasteiger partial charge in [0, 0.05) is 38.4 Å². The number of piperidine rings is 1. The van der Waals surface area contributed by atoms with Gasteiger partial charge in [-0.3, -0.25) is 9.48 Å². The van der Waals surface area contributed by atoms with Gasteiger partial charge in [-0.2, -0.15) is 5.10 Å². The second-order valence-electron chi connectivity index (χ2n) is 5.49. The van der Waals surface area contributed by atoms with E-state index in [4.69, 9.17) is 0 Å². The maximum Gasteiger partial charge on any atom is 0.219 e. The van der Waals surface area contributed by atoms with Gasteiger partial charge < -0.3 is 10.2 Å². The summed E-state index contributed by atoms with van der Waals surface area (Å²) < 4.78 is 1.95. The molecule has 1 fully saturated rings. The van der Waals surface area contributed by atoms with Gasteiger partial charge in [-0.15, -0.1) is 0 Å². The second-order valence-corrected chi connectivity index (χ2v) is 5.49. The van der Waals surface area contributed by atoms with E-state index in [-0.39, 0.29) is 5.91 Å². The summed E-state index contributed by atoms with van der Waals surface area (Å²) in [4.78, 5) is 13.2. The molecule has 1 saturated heterocycles. The highest BCUT2D eigenvalue weighted by atomic mass is 16.2. The van der Waals surface area contributed by atoms with Crippen LogP contribution in [0, 0.1) is 5.92 Å². The third kappa shape index (κ3) is 4.35. The highest BCUT2D eigenvalue weighted by Crippen LogP contribution is 2.16. The number of nitrogens with one attached hydrogen (secondary N) is 1. The molecule has 1 aromatic heterocycles. The molecule has 1 unspecified atom stereocenters. The number of amides is 1. The lowest BCUT2D eigenvalue weighted by atomic mass is 9.96. The van der Waals surface area contributed by atoms with E-state index in [1.54, 1.807) is 6.92 Å². The molecule has 1 aromatic rings. The Balaban J connectivity index is 1.65. The maximum absolute atomic E-state index is 11.2. The highest BCUT2D eigenvalue weighted by Gasteiger charge is 2.20. The number of hydrogen-bond donors (Lipinski definition) is 1. The zero-order valence-electron chi connectivity index (χ0n) is 11.9. The molecule has 0 aromatic carbocycles. The lowest BCUT2D eigenvalue weighted by Gasteiger charge is -2.32. The summed E-state index contributed by atoms with van der Waals surface area (Å²) >= 11 is 0. The molecule has 106 valence electrons.